The minimum atomic E-state index is -0.169. The molecule has 3 nitrogen and oxygen atoms in total. The van der Waals surface area contributed by atoms with E-state index in [9.17, 15) is 0 Å². The molecule has 0 unspecified atom stereocenters. The van der Waals surface area contributed by atoms with Crippen LogP contribution >= 0.6 is 0 Å². The van der Waals surface area contributed by atoms with Crippen molar-refractivity contribution in [2.45, 2.75) is 19.3 Å². The van der Waals surface area contributed by atoms with Crippen LogP contribution in [0.15, 0.2) is 115 Å². The first kappa shape index (κ1) is 20.6. The second kappa shape index (κ2) is 7.21. The van der Waals surface area contributed by atoms with E-state index in [-0.39, 0.29) is 5.41 Å². The lowest BCUT2D eigenvalue weighted by molar-refractivity contribution is 0.621. The fourth-order valence-corrected chi connectivity index (χ4v) is 6.31. The van der Waals surface area contributed by atoms with E-state index >= 15 is 0 Å². The second-order valence-electron chi connectivity index (χ2n) is 10.5. The zero-order valence-corrected chi connectivity index (χ0v) is 20.8. The Bertz CT molecular complexity index is 2000. The molecule has 3 heterocycles. The molecule has 0 atom stereocenters. The molecule has 0 saturated heterocycles. The average molecular weight is 476 g/mol. The number of fused-ring (bicyclic) bond motifs is 8. The molecule has 0 aliphatic carbocycles. The van der Waals surface area contributed by atoms with E-state index in [1.54, 1.807) is 0 Å². The standard InChI is InChI=1S/C34H25N3/c1-34(2)27-15-10-14-24(32(27)37-31-18-9-7-16-28(31)35-33(34)37)22-19-20-30-26(21-22)25-13-6-8-17-29(25)36(30)23-11-4-3-5-12-23/h3-21H,1-2H3. The van der Waals surface area contributed by atoms with Crippen molar-refractivity contribution in [1.82, 2.24) is 14.1 Å². The molecule has 0 bridgehead atoms. The van der Waals surface area contributed by atoms with Crippen molar-refractivity contribution in [3.8, 4) is 22.5 Å². The Hall–Kier alpha value is -4.63. The third-order valence-corrected chi connectivity index (χ3v) is 8.05. The van der Waals surface area contributed by atoms with Gasteiger partial charge in [-0.15, -0.1) is 0 Å². The molecule has 0 radical (unpaired) electrons. The lowest BCUT2D eigenvalue weighted by Gasteiger charge is -2.18. The molecule has 8 rings (SSSR count). The largest absolute Gasteiger partial charge is 0.309 e. The molecular formula is C34H25N3. The Morgan fingerprint density at radius 2 is 1.32 bits per heavy atom. The second-order valence-corrected chi connectivity index (χ2v) is 10.5. The Labute approximate surface area is 215 Å². The number of imidazole rings is 1. The van der Waals surface area contributed by atoms with Gasteiger partial charge in [-0.2, -0.15) is 0 Å². The topological polar surface area (TPSA) is 22.8 Å². The molecule has 1 aliphatic rings. The molecule has 0 fully saturated rings. The maximum Gasteiger partial charge on any atom is 0.124 e. The molecule has 5 aromatic carbocycles. The predicted molar refractivity (Wildman–Crippen MR) is 153 cm³/mol. The normalized spacial score (nSPS) is 13.9. The molecule has 0 N–H and O–H groups in total. The Balaban J connectivity index is 1.43. The van der Waals surface area contributed by atoms with Crippen molar-refractivity contribution >= 4 is 32.8 Å². The first-order chi connectivity index (χ1) is 18.1. The van der Waals surface area contributed by atoms with Crippen LogP contribution in [0.25, 0.3) is 55.3 Å². The minimum absolute atomic E-state index is 0.169. The summed E-state index contributed by atoms with van der Waals surface area (Å²) in [6, 6.07) is 41.5. The molecule has 1 aliphatic heterocycles. The van der Waals surface area contributed by atoms with Crippen molar-refractivity contribution in [3.05, 3.63) is 127 Å². The zero-order valence-electron chi connectivity index (χ0n) is 20.8. The number of nitrogens with zero attached hydrogens (tertiary/aromatic N) is 3. The van der Waals surface area contributed by atoms with Gasteiger partial charge >= 0.3 is 0 Å². The van der Waals surface area contributed by atoms with Crippen LogP contribution < -0.4 is 0 Å². The van der Waals surface area contributed by atoms with Crippen molar-refractivity contribution in [2.24, 2.45) is 0 Å². The summed E-state index contributed by atoms with van der Waals surface area (Å²) in [5.74, 6) is 1.11. The van der Waals surface area contributed by atoms with E-state index in [1.807, 2.05) is 0 Å². The summed E-state index contributed by atoms with van der Waals surface area (Å²) in [5, 5.41) is 2.53. The van der Waals surface area contributed by atoms with Crippen molar-refractivity contribution in [1.29, 1.82) is 0 Å². The maximum absolute atomic E-state index is 5.08. The van der Waals surface area contributed by atoms with Gasteiger partial charge in [0.1, 0.15) is 5.82 Å². The molecule has 0 amide bonds. The molecule has 7 aromatic rings. The first-order valence-corrected chi connectivity index (χ1v) is 12.8. The van der Waals surface area contributed by atoms with Crippen molar-refractivity contribution < 1.29 is 0 Å². The summed E-state index contributed by atoms with van der Waals surface area (Å²) in [4.78, 5) is 5.08. The van der Waals surface area contributed by atoms with Crippen molar-refractivity contribution in [3.63, 3.8) is 0 Å². The summed E-state index contributed by atoms with van der Waals surface area (Å²) >= 11 is 0. The van der Waals surface area contributed by atoms with Crippen LogP contribution in [0, 0.1) is 0 Å². The maximum atomic E-state index is 5.08. The van der Waals surface area contributed by atoms with Gasteiger partial charge in [0.05, 0.1) is 33.2 Å². The number of hydrogen-bond acceptors (Lipinski definition) is 1. The highest BCUT2D eigenvalue weighted by Crippen LogP contribution is 2.48. The molecular weight excluding hydrogens is 450 g/mol. The van der Waals surface area contributed by atoms with Crippen molar-refractivity contribution in [2.75, 3.05) is 0 Å². The average Bonchev–Trinajstić information content (AvgIpc) is 3.56. The summed E-state index contributed by atoms with van der Waals surface area (Å²) in [6.07, 6.45) is 0. The highest BCUT2D eigenvalue weighted by molar-refractivity contribution is 6.10. The third-order valence-electron chi connectivity index (χ3n) is 8.05. The van der Waals surface area contributed by atoms with E-state index in [0.717, 1.165) is 11.3 Å². The van der Waals surface area contributed by atoms with Gasteiger partial charge in [-0.25, -0.2) is 4.98 Å². The molecule has 0 spiro atoms. The Morgan fingerprint density at radius 3 is 2.19 bits per heavy atom. The number of para-hydroxylation sites is 5. The quantitative estimate of drug-likeness (QED) is 0.246. The van der Waals surface area contributed by atoms with E-state index < -0.39 is 0 Å². The molecule has 176 valence electrons. The summed E-state index contributed by atoms with van der Waals surface area (Å²) in [6.45, 7) is 4.58. The van der Waals surface area contributed by atoms with Crippen LogP contribution in [0.4, 0.5) is 0 Å². The number of rotatable bonds is 2. The third kappa shape index (κ3) is 2.69. The van der Waals surface area contributed by atoms with Gasteiger partial charge in [-0.1, -0.05) is 72.8 Å². The monoisotopic (exact) mass is 475 g/mol. The molecule has 3 heteroatoms. The van der Waals surface area contributed by atoms with Gasteiger partial charge in [0.15, 0.2) is 0 Å². The van der Waals surface area contributed by atoms with Crippen LogP contribution in [0.3, 0.4) is 0 Å². The Morgan fingerprint density at radius 1 is 0.595 bits per heavy atom. The van der Waals surface area contributed by atoms with Crippen LogP contribution in [0.1, 0.15) is 25.2 Å². The highest BCUT2D eigenvalue weighted by Gasteiger charge is 2.40. The van der Waals surface area contributed by atoms with Gasteiger partial charge in [-0.05, 0) is 67.4 Å². The fraction of sp³-hybridized carbons (Fsp3) is 0.0882. The van der Waals surface area contributed by atoms with E-state index in [0.29, 0.717) is 0 Å². The first-order valence-electron chi connectivity index (χ1n) is 12.8. The predicted octanol–water partition coefficient (Wildman–Crippen LogP) is 8.43. The van der Waals surface area contributed by atoms with Crippen LogP contribution in [-0.4, -0.2) is 14.1 Å². The number of hydrogen-bond donors (Lipinski definition) is 0. The zero-order chi connectivity index (χ0) is 24.7. The van der Waals surface area contributed by atoms with Gasteiger partial charge in [0.25, 0.3) is 0 Å². The van der Waals surface area contributed by atoms with Gasteiger partial charge in [0.2, 0.25) is 0 Å². The lowest BCUT2D eigenvalue weighted by Crippen LogP contribution is -2.16. The highest BCUT2D eigenvalue weighted by atomic mass is 15.1. The minimum Gasteiger partial charge on any atom is -0.309 e. The summed E-state index contributed by atoms with van der Waals surface area (Å²) in [5.41, 5.74) is 10.7. The van der Waals surface area contributed by atoms with E-state index in [1.165, 1.54) is 55.4 Å². The SMILES string of the molecule is CC1(C)c2cccc(-c3ccc4c(c3)c3ccccc3n4-c3ccccc3)c2-n2c1nc1ccccc12. The summed E-state index contributed by atoms with van der Waals surface area (Å²) in [7, 11) is 0. The van der Waals surface area contributed by atoms with E-state index in [4.69, 9.17) is 4.98 Å². The summed E-state index contributed by atoms with van der Waals surface area (Å²) < 4.78 is 4.76. The molecule has 0 saturated carbocycles. The number of benzene rings is 5. The van der Waals surface area contributed by atoms with Gasteiger partial charge < -0.3 is 4.57 Å². The van der Waals surface area contributed by atoms with Crippen LogP contribution in [-0.2, 0) is 5.41 Å². The number of aromatic nitrogens is 3. The Kier molecular flexibility index (Phi) is 4.00. The molecule has 2 aromatic heterocycles. The van der Waals surface area contributed by atoms with E-state index in [2.05, 4.69) is 138 Å². The molecule has 37 heavy (non-hydrogen) atoms. The fourth-order valence-electron chi connectivity index (χ4n) is 6.31. The van der Waals surface area contributed by atoms with Gasteiger partial charge in [-0.3, -0.25) is 4.57 Å². The van der Waals surface area contributed by atoms with Gasteiger partial charge in [0, 0.05) is 22.0 Å². The van der Waals surface area contributed by atoms with Crippen LogP contribution in [0.2, 0.25) is 0 Å². The lowest BCUT2D eigenvalue weighted by atomic mass is 9.84. The smallest absolute Gasteiger partial charge is 0.124 e. The van der Waals surface area contributed by atoms with Crippen LogP contribution in [0.5, 0.6) is 0 Å².